The van der Waals surface area contributed by atoms with Crippen LogP contribution in [0.1, 0.15) is 26.7 Å². The van der Waals surface area contributed by atoms with Crippen molar-refractivity contribution < 1.29 is 9.13 Å². The molecule has 1 aromatic rings. The number of rotatable bonds is 5. The highest BCUT2D eigenvalue weighted by atomic mass is 19.1. The summed E-state index contributed by atoms with van der Waals surface area (Å²) in [5.41, 5.74) is 0.826. The van der Waals surface area contributed by atoms with Gasteiger partial charge in [0.05, 0.1) is 6.61 Å². The van der Waals surface area contributed by atoms with Crippen LogP contribution in [0.4, 0.5) is 10.1 Å². The van der Waals surface area contributed by atoms with Gasteiger partial charge in [-0.1, -0.05) is 0 Å². The van der Waals surface area contributed by atoms with Crippen LogP contribution in [0.2, 0.25) is 0 Å². The SMILES string of the molecule is CCOc1ccc(NC(C)C2CCCN(C)C2)cc1F. The molecule has 1 N–H and O–H groups in total. The number of benzene rings is 1. The fourth-order valence-electron chi connectivity index (χ4n) is 2.86. The largest absolute Gasteiger partial charge is 0.491 e. The lowest BCUT2D eigenvalue weighted by molar-refractivity contribution is 0.197. The van der Waals surface area contributed by atoms with Crippen LogP contribution in [-0.4, -0.2) is 37.7 Å². The van der Waals surface area contributed by atoms with E-state index < -0.39 is 0 Å². The van der Waals surface area contributed by atoms with Crippen molar-refractivity contribution in [3.05, 3.63) is 24.0 Å². The van der Waals surface area contributed by atoms with Gasteiger partial charge in [0.1, 0.15) is 0 Å². The molecule has 112 valence electrons. The van der Waals surface area contributed by atoms with Crippen LogP contribution in [-0.2, 0) is 0 Å². The molecule has 0 radical (unpaired) electrons. The van der Waals surface area contributed by atoms with E-state index in [0.29, 0.717) is 24.3 Å². The van der Waals surface area contributed by atoms with Crippen molar-refractivity contribution >= 4 is 5.69 Å². The third-order valence-corrected chi connectivity index (χ3v) is 3.99. The fraction of sp³-hybridized carbons (Fsp3) is 0.625. The summed E-state index contributed by atoms with van der Waals surface area (Å²) in [6.07, 6.45) is 2.48. The molecule has 2 atom stereocenters. The van der Waals surface area contributed by atoms with E-state index in [-0.39, 0.29) is 5.82 Å². The molecule has 0 aromatic heterocycles. The van der Waals surface area contributed by atoms with Gasteiger partial charge in [0.25, 0.3) is 0 Å². The molecule has 1 fully saturated rings. The number of likely N-dealkylation sites (tertiary alicyclic amines) is 1. The van der Waals surface area contributed by atoms with Crippen LogP contribution in [0, 0.1) is 11.7 Å². The minimum absolute atomic E-state index is 0.301. The third kappa shape index (κ3) is 3.85. The summed E-state index contributed by atoms with van der Waals surface area (Å²) in [6.45, 7) is 6.80. The normalized spacial score (nSPS) is 21.5. The Labute approximate surface area is 121 Å². The van der Waals surface area contributed by atoms with E-state index in [0.717, 1.165) is 12.2 Å². The molecule has 1 aliphatic heterocycles. The number of piperidine rings is 1. The lowest BCUT2D eigenvalue weighted by atomic mass is 9.92. The summed E-state index contributed by atoms with van der Waals surface area (Å²) in [5, 5.41) is 3.42. The van der Waals surface area contributed by atoms with Crippen molar-refractivity contribution in [1.29, 1.82) is 0 Å². The molecule has 2 rings (SSSR count). The highest BCUT2D eigenvalue weighted by Gasteiger charge is 2.22. The number of hydrogen-bond donors (Lipinski definition) is 1. The molecule has 0 spiro atoms. The van der Waals surface area contributed by atoms with E-state index in [2.05, 4.69) is 24.2 Å². The Balaban J connectivity index is 1.96. The van der Waals surface area contributed by atoms with Gasteiger partial charge in [0.15, 0.2) is 11.6 Å². The highest BCUT2D eigenvalue weighted by molar-refractivity contribution is 5.48. The van der Waals surface area contributed by atoms with Crippen molar-refractivity contribution in [3.63, 3.8) is 0 Å². The standard InChI is InChI=1S/C16H25FN2O/c1-4-20-16-8-7-14(10-15(16)17)18-12(2)13-6-5-9-19(3)11-13/h7-8,10,12-13,18H,4-6,9,11H2,1-3H3. The summed E-state index contributed by atoms with van der Waals surface area (Å²) < 4.78 is 19.0. The van der Waals surface area contributed by atoms with E-state index in [1.165, 1.54) is 25.5 Å². The average molecular weight is 280 g/mol. The molecular weight excluding hydrogens is 255 g/mol. The van der Waals surface area contributed by atoms with Gasteiger partial charge in [0, 0.05) is 24.3 Å². The summed E-state index contributed by atoms with van der Waals surface area (Å²) >= 11 is 0. The first-order valence-corrected chi connectivity index (χ1v) is 7.47. The second-order valence-electron chi connectivity index (χ2n) is 5.68. The fourth-order valence-corrected chi connectivity index (χ4v) is 2.86. The molecule has 3 nitrogen and oxygen atoms in total. The summed E-state index contributed by atoms with van der Waals surface area (Å²) in [4.78, 5) is 2.37. The van der Waals surface area contributed by atoms with Gasteiger partial charge in [-0.3, -0.25) is 0 Å². The highest BCUT2D eigenvalue weighted by Crippen LogP contribution is 2.25. The molecule has 1 aromatic carbocycles. The van der Waals surface area contributed by atoms with E-state index in [9.17, 15) is 4.39 Å². The van der Waals surface area contributed by atoms with Crippen molar-refractivity contribution in [2.75, 3.05) is 32.1 Å². The lowest BCUT2D eigenvalue weighted by Crippen LogP contribution is -2.39. The maximum absolute atomic E-state index is 13.8. The van der Waals surface area contributed by atoms with Crippen molar-refractivity contribution in [1.82, 2.24) is 4.90 Å². The molecule has 1 heterocycles. The minimum Gasteiger partial charge on any atom is -0.491 e. The van der Waals surface area contributed by atoms with E-state index >= 15 is 0 Å². The Morgan fingerprint density at radius 1 is 1.50 bits per heavy atom. The molecule has 4 heteroatoms. The number of anilines is 1. The molecule has 1 saturated heterocycles. The zero-order valence-corrected chi connectivity index (χ0v) is 12.7. The van der Waals surface area contributed by atoms with Crippen LogP contribution in [0.15, 0.2) is 18.2 Å². The number of ether oxygens (including phenoxy) is 1. The average Bonchev–Trinajstić information content (AvgIpc) is 2.42. The second kappa shape index (κ2) is 6.93. The zero-order valence-electron chi connectivity index (χ0n) is 12.7. The Bertz CT molecular complexity index is 438. The van der Waals surface area contributed by atoms with E-state index in [4.69, 9.17) is 4.74 Å². The minimum atomic E-state index is -0.301. The molecule has 0 saturated carbocycles. The number of hydrogen-bond acceptors (Lipinski definition) is 3. The van der Waals surface area contributed by atoms with Crippen LogP contribution >= 0.6 is 0 Å². The first-order valence-electron chi connectivity index (χ1n) is 7.47. The van der Waals surface area contributed by atoms with Crippen LogP contribution in [0.25, 0.3) is 0 Å². The van der Waals surface area contributed by atoms with Gasteiger partial charge >= 0.3 is 0 Å². The van der Waals surface area contributed by atoms with Gasteiger partial charge in [-0.05, 0) is 58.3 Å². The Morgan fingerprint density at radius 2 is 2.30 bits per heavy atom. The zero-order chi connectivity index (χ0) is 14.5. The van der Waals surface area contributed by atoms with Crippen LogP contribution < -0.4 is 10.1 Å². The van der Waals surface area contributed by atoms with Gasteiger partial charge in [-0.2, -0.15) is 0 Å². The third-order valence-electron chi connectivity index (χ3n) is 3.99. The predicted molar refractivity (Wildman–Crippen MR) is 80.9 cm³/mol. The lowest BCUT2D eigenvalue weighted by Gasteiger charge is -2.34. The van der Waals surface area contributed by atoms with Crippen molar-refractivity contribution in [2.24, 2.45) is 5.92 Å². The monoisotopic (exact) mass is 280 g/mol. The van der Waals surface area contributed by atoms with E-state index in [1.54, 1.807) is 6.07 Å². The van der Waals surface area contributed by atoms with Crippen molar-refractivity contribution in [3.8, 4) is 5.75 Å². The first kappa shape index (κ1) is 15.1. The van der Waals surface area contributed by atoms with Crippen LogP contribution in [0.3, 0.4) is 0 Å². The van der Waals surface area contributed by atoms with Gasteiger partial charge < -0.3 is 15.0 Å². The number of nitrogens with zero attached hydrogens (tertiary/aromatic N) is 1. The summed E-state index contributed by atoms with van der Waals surface area (Å²) in [6, 6.07) is 5.45. The molecular formula is C16H25FN2O. The number of nitrogens with one attached hydrogen (secondary N) is 1. The Hall–Kier alpha value is -1.29. The molecule has 0 bridgehead atoms. The smallest absolute Gasteiger partial charge is 0.167 e. The maximum Gasteiger partial charge on any atom is 0.167 e. The second-order valence-corrected chi connectivity index (χ2v) is 5.68. The Morgan fingerprint density at radius 3 is 2.95 bits per heavy atom. The quantitative estimate of drug-likeness (QED) is 0.895. The Kier molecular flexibility index (Phi) is 5.24. The van der Waals surface area contributed by atoms with Gasteiger partial charge in [-0.15, -0.1) is 0 Å². The molecule has 0 aliphatic carbocycles. The van der Waals surface area contributed by atoms with Crippen molar-refractivity contribution in [2.45, 2.75) is 32.7 Å². The van der Waals surface area contributed by atoms with E-state index in [1.807, 2.05) is 13.0 Å². The molecule has 20 heavy (non-hydrogen) atoms. The van der Waals surface area contributed by atoms with Gasteiger partial charge in [-0.25, -0.2) is 4.39 Å². The summed E-state index contributed by atoms with van der Waals surface area (Å²) in [7, 11) is 2.16. The molecule has 2 unspecified atom stereocenters. The summed E-state index contributed by atoms with van der Waals surface area (Å²) in [5.74, 6) is 0.635. The molecule has 1 aliphatic rings. The first-order chi connectivity index (χ1) is 9.60. The maximum atomic E-state index is 13.8. The molecule has 0 amide bonds. The topological polar surface area (TPSA) is 24.5 Å². The van der Waals surface area contributed by atoms with Gasteiger partial charge in [0.2, 0.25) is 0 Å². The number of halogens is 1. The van der Waals surface area contributed by atoms with Crippen LogP contribution in [0.5, 0.6) is 5.75 Å². The predicted octanol–water partition coefficient (Wildman–Crippen LogP) is 3.37.